The third kappa shape index (κ3) is 2.23. The van der Waals surface area contributed by atoms with Crippen molar-refractivity contribution in [2.75, 3.05) is 20.1 Å². The van der Waals surface area contributed by atoms with Gasteiger partial charge in [-0.15, -0.1) is 0 Å². The summed E-state index contributed by atoms with van der Waals surface area (Å²) < 4.78 is 0. The van der Waals surface area contributed by atoms with Crippen molar-refractivity contribution in [3.63, 3.8) is 0 Å². The summed E-state index contributed by atoms with van der Waals surface area (Å²) in [6, 6.07) is 5.89. The number of likely N-dealkylation sites (N-methyl/N-ethyl adjacent to an activating group) is 1. The van der Waals surface area contributed by atoms with E-state index < -0.39 is 0 Å². The lowest BCUT2D eigenvalue weighted by Gasteiger charge is -2.21. The smallest absolute Gasteiger partial charge is 0.141 e. The van der Waals surface area contributed by atoms with Crippen molar-refractivity contribution in [2.24, 2.45) is 0 Å². The van der Waals surface area contributed by atoms with E-state index >= 15 is 0 Å². The molecular weight excluding hydrogens is 186 g/mol. The monoisotopic (exact) mass is 199 g/mol. The number of nitriles is 1. The van der Waals surface area contributed by atoms with E-state index in [1.54, 1.807) is 6.20 Å². The van der Waals surface area contributed by atoms with Gasteiger partial charge in [-0.1, -0.05) is 6.08 Å². The second-order valence-electron chi connectivity index (χ2n) is 3.78. The molecule has 0 aromatic carbocycles. The quantitative estimate of drug-likeness (QED) is 0.690. The van der Waals surface area contributed by atoms with Gasteiger partial charge in [0.05, 0.1) is 0 Å². The molecule has 15 heavy (non-hydrogen) atoms. The zero-order valence-electron chi connectivity index (χ0n) is 8.77. The van der Waals surface area contributed by atoms with E-state index in [2.05, 4.69) is 29.1 Å². The zero-order chi connectivity index (χ0) is 10.7. The molecule has 0 saturated carbocycles. The van der Waals surface area contributed by atoms with Gasteiger partial charge in [-0.05, 0) is 36.7 Å². The summed E-state index contributed by atoms with van der Waals surface area (Å²) in [5.41, 5.74) is 2.95. The van der Waals surface area contributed by atoms with Crippen molar-refractivity contribution in [1.82, 2.24) is 9.88 Å². The van der Waals surface area contributed by atoms with Crippen LogP contribution in [0.5, 0.6) is 0 Å². The van der Waals surface area contributed by atoms with Crippen molar-refractivity contribution in [3.8, 4) is 6.07 Å². The highest BCUT2D eigenvalue weighted by molar-refractivity contribution is 5.67. The highest BCUT2D eigenvalue weighted by Gasteiger charge is 2.09. The van der Waals surface area contributed by atoms with Crippen LogP contribution in [0.2, 0.25) is 0 Å². The molecule has 1 aromatic rings. The van der Waals surface area contributed by atoms with Crippen LogP contribution in [-0.2, 0) is 0 Å². The lowest BCUT2D eigenvalue weighted by Crippen LogP contribution is -2.23. The van der Waals surface area contributed by atoms with E-state index in [-0.39, 0.29) is 0 Å². The van der Waals surface area contributed by atoms with Gasteiger partial charge in [0.15, 0.2) is 0 Å². The average Bonchev–Trinajstić information content (AvgIpc) is 2.30. The van der Waals surface area contributed by atoms with Crippen LogP contribution in [0, 0.1) is 11.3 Å². The van der Waals surface area contributed by atoms with Crippen LogP contribution in [0.15, 0.2) is 24.4 Å². The van der Waals surface area contributed by atoms with E-state index in [1.807, 2.05) is 12.1 Å². The molecule has 0 fully saturated rings. The first kappa shape index (κ1) is 9.88. The molecule has 1 aliphatic heterocycles. The molecule has 0 radical (unpaired) electrons. The number of hydrogen-bond acceptors (Lipinski definition) is 3. The molecule has 1 aromatic heterocycles. The molecule has 0 N–H and O–H groups in total. The van der Waals surface area contributed by atoms with E-state index in [0.717, 1.165) is 25.1 Å². The average molecular weight is 199 g/mol. The van der Waals surface area contributed by atoms with Gasteiger partial charge in [0.2, 0.25) is 0 Å². The Morgan fingerprint density at radius 2 is 2.40 bits per heavy atom. The summed E-state index contributed by atoms with van der Waals surface area (Å²) in [6.07, 6.45) is 4.97. The van der Waals surface area contributed by atoms with Gasteiger partial charge < -0.3 is 4.90 Å². The minimum Gasteiger partial charge on any atom is -0.302 e. The van der Waals surface area contributed by atoms with Crippen molar-refractivity contribution >= 4 is 5.57 Å². The minimum atomic E-state index is 0.493. The zero-order valence-corrected chi connectivity index (χ0v) is 8.77. The molecule has 1 aliphatic rings. The maximum Gasteiger partial charge on any atom is 0.141 e. The van der Waals surface area contributed by atoms with Crippen molar-refractivity contribution in [1.29, 1.82) is 5.26 Å². The van der Waals surface area contributed by atoms with Crippen LogP contribution in [0.4, 0.5) is 0 Å². The summed E-state index contributed by atoms with van der Waals surface area (Å²) in [4.78, 5) is 6.24. The lowest BCUT2D eigenvalue weighted by atomic mass is 10.0. The highest BCUT2D eigenvalue weighted by atomic mass is 15.1. The van der Waals surface area contributed by atoms with E-state index in [1.165, 1.54) is 5.57 Å². The summed E-state index contributed by atoms with van der Waals surface area (Å²) in [5, 5.41) is 8.76. The summed E-state index contributed by atoms with van der Waals surface area (Å²) >= 11 is 0. The third-order valence-electron chi connectivity index (χ3n) is 2.66. The first-order valence-corrected chi connectivity index (χ1v) is 5.03. The van der Waals surface area contributed by atoms with Crippen LogP contribution in [0.1, 0.15) is 17.7 Å². The van der Waals surface area contributed by atoms with Gasteiger partial charge in [0.25, 0.3) is 0 Å². The Morgan fingerprint density at radius 1 is 1.53 bits per heavy atom. The molecule has 0 amide bonds. The molecule has 2 rings (SSSR count). The van der Waals surface area contributed by atoms with Crippen LogP contribution < -0.4 is 0 Å². The third-order valence-corrected chi connectivity index (χ3v) is 2.66. The molecule has 3 heteroatoms. The molecule has 0 aliphatic carbocycles. The summed E-state index contributed by atoms with van der Waals surface area (Å²) in [7, 11) is 2.11. The molecule has 3 nitrogen and oxygen atoms in total. The first-order chi connectivity index (χ1) is 7.29. The fourth-order valence-corrected chi connectivity index (χ4v) is 1.72. The van der Waals surface area contributed by atoms with Crippen molar-refractivity contribution in [3.05, 3.63) is 35.7 Å². The second kappa shape index (κ2) is 4.24. The van der Waals surface area contributed by atoms with Crippen LogP contribution in [0.3, 0.4) is 0 Å². The maximum atomic E-state index is 8.76. The van der Waals surface area contributed by atoms with Crippen LogP contribution in [0.25, 0.3) is 5.57 Å². The molecule has 0 atom stereocenters. The van der Waals surface area contributed by atoms with Gasteiger partial charge in [0, 0.05) is 19.3 Å². The van der Waals surface area contributed by atoms with E-state index in [4.69, 9.17) is 5.26 Å². The van der Waals surface area contributed by atoms with Gasteiger partial charge in [-0.3, -0.25) is 0 Å². The van der Waals surface area contributed by atoms with Gasteiger partial charge in [0.1, 0.15) is 11.8 Å². The van der Waals surface area contributed by atoms with Gasteiger partial charge >= 0.3 is 0 Å². The molecular formula is C12H13N3. The predicted molar refractivity (Wildman–Crippen MR) is 59.0 cm³/mol. The Balaban J connectivity index is 2.27. The molecule has 2 heterocycles. The van der Waals surface area contributed by atoms with E-state index in [0.29, 0.717) is 5.69 Å². The topological polar surface area (TPSA) is 39.9 Å². The van der Waals surface area contributed by atoms with Gasteiger partial charge in [-0.25, -0.2) is 4.98 Å². The standard InChI is InChI=1S/C12H13N3/c1-15-6-3-10(4-7-15)11-2-5-14-12(8-11)9-13/h2-3,5,8H,4,6-7H2,1H3. The van der Waals surface area contributed by atoms with Crippen molar-refractivity contribution in [2.45, 2.75) is 6.42 Å². The first-order valence-electron chi connectivity index (χ1n) is 5.03. The number of aromatic nitrogens is 1. The molecule has 0 unspecified atom stereocenters. The summed E-state index contributed by atoms with van der Waals surface area (Å²) in [6.45, 7) is 2.07. The fourth-order valence-electron chi connectivity index (χ4n) is 1.72. The fraction of sp³-hybridized carbons (Fsp3) is 0.333. The maximum absolute atomic E-state index is 8.76. The number of pyridine rings is 1. The second-order valence-corrected chi connectivity index (χ2v) is 3.78. The molecule has 0 bridgehead atoms. The lowest BCUT2D eigenvalue weighted by molar-refractivity contribution is 0.370. The molecule has 0 spiro atoms. The van der Waals surface area contributed by atoms with E-state index in [9.17, 15) is 0 Å². The normalized spacial score (nSPS) is 16.9. The SMILES string of the molecule is CN1CC=C(c2ccnc(C#N)c2)CC1. The number of rotatable bonds is 1. The highest BCUT2D eigenvalue weighted by Crippen LogP contribution is 2.21. The Morgan fingerprint density at radius 3 is 3.07 bits per heavy atom. The Kier molecular flexibility index (Phi) is 2.79. The van der Waals surface area contributed by atoms with Gasteiger partial charge in [-0.2, -0.15) is 5.26 Å². The number of nitrogens with zero attached hydrogens (tertiary/aromatic N) is 3. The van der Waals surface area contributed by atoms with Crippen LogP contribution in [-0.4, -0.2) is 30.0 Å². The number of hydrogen-bond donors (Lipinski definition) is 0. The largest absolute Gasteiger partial charge is 0.302 e. The molecule has 76 valence electrons. The minimum absolute atomic E-state index is 0.493. The van der Waals surface area contributed by atoms with Crippen LogP contribution >= 0.6 is 0 Å². The summed E-state index contributed by atoms with van der Waals surface area (Å²) in [5.74, 6) is 0. The Hall–Kier alpha value is -1.66. The predicted octanol–water partition coefficient (Wildman–Crippen LogP) is 1.67. The Bertz CT molecular complexity index is 429. The van der Waals surface area contributed by atoms with Crippen molar-refractivity contribution < 1.29 is 0 Å². The Labute approximate surface area is 89.7 Å². The molecule has 0 saturated heterocycles.